The molecule has 1 N–H and O–H groups in total. The summed E-state index contributed by atoms with van der Waals surface area (Å²) in [5.74, 6) is 0.853. The van der Waals surface area contributed by atoms with E-state index in [9.17, 15) is 0 Å². The van der Waals surface area contributed by atoms with E-state index in [0.717, 1.165) is 17.9 Å². The van der Waals surface area contributed by atoms with Gasteiger partial charge in [-0.2, -0.15) is 0 Å². The first kappa shape index (κ1) is 22.7. The molecule has 1 fully saturated rings. The van der Waals surface area contributed by atoms with Crippen molar-refractivity contribution in [3.05, 3.63) is 90.5 Å². The Hall–Kier alpha value is -2.44. The molecule has 2 unspecified atom stereocenters. The summed E-state index contributed by atoms with van der Waals surface area (Å²) < 4.78 is 18.6. The molecule has 0 amide bonds. The predicted molar refractivity (Wildman–Crippen MR) is 132 cm³/mol. The van der Waals surface area contributed by atoms with E-state index >= 15 is 0 Å². The van der Waals surface area contributed by atoms with E-state index in [-0.39, 0.29) is 17.4 Å². The zero-order valence-electron chi connectivity index (χ0n) is 19.4. The third kappa shape index (κ3) is 4.52. The van der Waals surface area contributed by atoms with Crippen molar-refractivity contribution in [1.82, 2.24) is 5.32 Å². The summed E-state index contributed by atoms with van der Waals surface area (Å²) in [4.78, 5) is 0. The number of ether oxygens (including phenoxy) is 2. The molecule has 0 aromatic heterocycles. The molecule has 32 heavy (non-hydrogen) atoms. The summed E-state index contributed by atoms with van der Waals surface area (Å²) in [7, 11) is -0.886. The van der Waals surface area contributed by atoms with Crippen molar-refractivity contribution in [1.29, 1.82) is 0 Å². The van der Waals surface area contributed by atoms with Crippen molar-refractivity contribution >= 4 is 18.7 Å². The zero-order valence-corrected chi connectivity index (χ0v) is 20.4. The van der Waals surface area contributed by atoms with Crippen molar-refractivity contribution in [3.8, 4) is 5.75 Å². The molecule has 1 saturated heterocycles. The lowest BCUT2D eigenvalue weighted by atomic mass is 10.1. The number of hydrogen-bond donors (Lipinski definition) is 1. The fourth-order valence-corrected chi connectivity index (χ4v) is 9.17. The highest BCUT2D eigenvalue weighted by Gasteiger charge is 2.50. The smallest absolute Gasteiger partial charge is 0.261 e. The van der Waals surface area contributed by atoms with Gasteiger partial charge in [0, 0.05) is 6.54 Å². The van der Waals surface area contributed by atoms with Gasteiger partial charge >= 0.3 is 0 Å². The molecule has 3 aromatic carbocycles. The first-order chi connectivity index (χ1) is 15.4. The van der Waals surface area contributed by atoms with Crippen LogP contribution < -0.4 is 20.4 Å². The minimum atomic E-state index is -2.57. The van der Waals surface area contributed by atoms with E-state index in [4.69, 9.17) is 13.9 Å². The Kier molecular flexibility index (Phi) is 6.81. The summed E-state index contributed by atoms with van der Waals surface area (Å²) in [6.07, 6.45) is -0.141. The van der Waals surface area contributed by atoms with Crippen molar-refractivity contribution in [2.75, 3.05) is 20.3 Å². The molecule has 5 heteroatoms. The number of benzene rings is 3. The van der Waals surface area contributed by atoms with Crippen molar-refractivity contribution < 1.29 is 13.9 Å². The zero-order chi connectivity index (χ0) is 22.6. The quantitative estimate of drug-likeness (QED) is 0.550. The van der Waals surface area contributed by atoms with E-state index in [1.165, 1.54) is 10.4 Å². The highest BCUT2D eigenvalue weighted by atomic mass is 28.4. The molecule has 3 aromatic rings. The Morgan fingerprint density at radius 1 is 0.875 bits per heavy atom. The van der Waals surface area contributed by atoms with Crippen molar-refractivity contribution in [3.63, 3.8) is 0 Å². The maximum absolute atomic E-state index is 7.00. The molecule has 168 valence electrons. The Balaban J connectivity index is 1.57. The van der Waals surface area contributed by atoms with Gasteiger partial charge in [-0.15, -0.1) is 0 Å². The number of rotatable bonds is 7. The summed E-state index contributed by atoms with van der Waals surface area (Å²) in [5.41, 5.74) is 1.14. The van der Waals surface area contributed by atoms with E-state index < -0.39 is 8.32 Å². The van der Waals surface area contributed by atoms with Gasteiger partial charge in [-0.25, -0.2) is 0 Å². The van der Waals surface area contributed by atoms with Crippen LogP contribution >= 0.6 is 0 Å². The fraction of sp³-hybridized carbons (Fsp3) is 0.333. The van der Waals surface area contributed by atoms with Gasteiger partial charge in [-0.1, -0.05) is 93.6 Å². The van der Waals surface area contributed by atoms with Crippen LogP contribution in [0.1, 0.15) is 32.4 Å². The first-order valence-corrected chi connectivity index (χ1v) is 13.1. The summed E-state index contributed by atoms with van der Waals surface area (Å²) in [6.45, 7) is 8.15. The molecular formula is C27H33NO3Si. The second-order valence-corrected chi connectivity index (χ2v) is 13.6. The average molecular weight is 448 g/mol. The Morgan fingerprint density at radius 2 is 1.44 bits per heavy atom. The van der Waals surface area contributed by atoms with Gasteiger partial charge in [-0.05, 0) is 33.1 Å². The van der Waals surface area contributed by atoms with Gasteiger partial charge in [0.25, 0.3) is 8.32 Å². The number of nitrogens with one attached hydrogen (secondary N) is 1. The van der Waals surface area contributed by atoms with E-state index in [2.05, 4.69) is 98.9 Å². The van der Waals surface area contributed by atoms with E-state index in [1.54, 1.807) is 7.11 Å². The summed E-state index contributed by atoms with van der Waals surface area (Å²) in [5, 5.41) is 6.01. The maximum Gasteiger partial charge on any atom is 0.261 e. The van der Waals surface area contributed by atoms with Gasteiger partial charge in [0.2, 0.25) is 0 Å². The molecule has 0 aliphatic carbocycles. The van der Waals surface area contributed by atoms with Crippen LogP contribution in [-0.4, -0.2) is 34.8 Å². The van der Waals surface area contributed by atoms with Crippen LogP contribution in [0.5, 0.6) is 5.75 Å². The standard InChI is InChI=1S/C27H33NO3Si/c1-27(2,3)32(23-11-7-5-8-12-23,24-13-9-6-10-14-24)30-20-26-28-19-25(31-26)21-15-17-22(29-4)18-16-21/h5-18,25-26,28H,19-20H2,1-4H3. The van der Waals surface area contributed by atoms with Gasteiger partial charge in [0.15, 0.2) is 0 Å². The molecule has 4 nitrogen and oxygen atoms in total. The van der Waals surface area contributed by atoms with Crippen LogP contribution in [0.2, 0.25) is 5.04 Å². The fourth-order valence-electron chi connectivity index (χ4n) is 4.61. The largest absolute Gasteiger partial charge is 0.497 e. The molecule has 2 atom stereocenters. The topological polar surface area (TPSA) is 39.7 Å². The lowest BCUT2D eigenvalue weighted by molar-refractivity contribution is 0.00998. The Bertz CT molecular complexity index is 947. The molecule has 1 heterocycles. The maximum atomic E-state index is 7.00. The van der Waals surface area contributed by atoms with Crippen LogP contribution in [0.3, 0.4) is 0 Å². The van der Waals surface area contributed by atoms with Gasteiger partial charge in [0.1, 0.15) is 12.0 Å². The first-order valence-electron chi connectivity index (χ1n) is 11.2. The monoisotopic (exact) mass is 447 g/mol. The molecule has 4 rings (SSSR count). The van der Waals surface area contributed by atoms with Crippen LogP contribution in [-0.2, 0) is 9.16 Å². The lowest BCUT2D eigenvalue weighted by Gasteiger charge is -2.43. The Labute approximate surface area is 192 Å². The average Bonchev–Trinajstić information content (AvgIpc) is 3.29. The normalized spacial score (nSPS) is 19.1. The minimum Gasteiger partial charge on any atom is -0.497 e. The van der Waals surface area contributed by atoms with Crippen LogP contribution in [0.15, 0.2) is 84.9 Å². The molecule has 1 aliphatic rings. The van der Waals surface area contributed by atoms with E-state index in [1.807, 2.05) is 12.1 Å². The predicted octanol–water partition coefficient (Wildman–Crippen LogP) is 4.26. The van der Waals surface area contributed by atoms with Gasteiger partial charge < -0.3 is 13.9 Å². The highest BCUT2D eigenvalue weighted by molar-refractivity contribution is 6.99. The molecule has 0 radical (unpaired) electrons. The molecule has 0 bridgehead atoms. The number of hydrogen-bond acceptors (Lipinski definition) is 4. The highest BCUT2D eigenvalue weighted by Crippen LogP contribution is 2.37. The summed E-state index contributed by atoms with van der Waals surface area (Å²) in [6, 6.07) is 29.5. The van der Waals surface area contributed by atoms with Gasteiger partial charge in [0.05, 0.1) is 19.8 Å². The second-order valence-electron chi connectivity index (χ2n) is 9.27. The third-order valence-electron chi connectivity index (χ3n) is 6.22. The molecule has 1 aliphatic heterocycles. The molecule has 0 saturated carbocycles. The van der Waals surface area contributed by atoms with Crippen molar-refractivity contribution in [2.24, 2.45) is 0 Å². The van der Waals surface area contributed by atoms with Crippen molar-refractivity contribution in [2.45, 2.75) is 38.1 Å². The molecular weight excluding hydrogens is 414 g/mol. The lowest BCUT2D eigenvalue weighted by Crippen LogP contribution is -2.67. The Morgan fingerprint density at radius 3 is 1.94 bits per heavy atom. The van der Waals surface area contributed by atoms with Crippen LogP contribution in [0.4, 0.5) is 0 Å². The molecule has 0 spiro atoms. The SMILES string of the molecule is COc1ccc(C2CNC(CO[Si](c3ccccc3)(c3ccccc3)C(C)(C)C)O2)cc1. The minimum absolute atomic E-state index is 0.00802. The van der Waals surface area contributed by atoms with Crippen LogP contribution in [0.25, 0.3) is 0 Å². The van der Waals surface area contributed by atoms with Gasteiger partial charge in [-0.3, -0.25) is 5.32 Å². The summed E-state index contributed by atoms with van der Waals surface area (Å²) >= 11 is 0. The third-order valence-corrected chi connectivity index (χ3v) is 11.2. The second kappa shape index (κ2) is 9.59. The van der Waals surface area contributed by atoms with Crippen LogP contribution in [0, 0.1) is 0 Å². The number of methoxy groups -OCH3 is 1. The van der Waals surface area contributed by atoms with E-state index in [0.29, 0.717) is 6.61 Å².